The lowest BCUT2D eigenvalue weighted by Gasteiger charge is -2.12. The maximum Gasteiger partial charge on any atom is 0.312 e. The fourth-order valence-electron chi connectivity index (χ4n) is 2.62. The Morgan fingerprint density at radius 1 is 1.15 bits per heavy atom. The van der Waals surface area contributed by atoms with Crippen molar-refractivity contribution in [1.82, 2.24) is 5.16 Å². The lowest BCUT2D eigenvalue weighted by atomic mass is 10.1. The van der Waals surface area contributed by atoms with Gasteiger partial charge in [-0.1, -0.05) is 17.3 Å². The van der Waals surface area contributed by atoms with E-state index < -0.39 is 5.97 Å². The highest BCUT2D eigenvalue weighted by Gasteiger charge is 2.15. The molecule has 6 heteroatoms. The molecule has 0 radical (unpaired) electrons. The normalized spacial score (nSPS) is 10.7. The minimum absolute atomic E-state index is 0.00732. The Balaban J connectivity index is 1.70. The Kier molecular flexibility index (Phi) is 5.31. The number of fused-ring (bicyclic) bond motifs is 1. The van der Waals surface area contributed by atoms with Crippen molar-refractivity contribution < 1.29 is 23.6 Å². The first-order valence-corrected chi connectivity index (χ1v) is 8.34. The van der Waals surface area contributed by atoms with Crippen molar-refractivity contribution in [3.63, 3.8) is 0 Å². The van der Waals surface area contributed by atoms with Gasteiger partial charge in [-0.25, -0.2) is 0 Å². The lowest BCUT2D eigenvalue weighted by molar-refractivity contribution is -0.144. The molecule has 3 aromatic rings. The number of ether oxygens (including phenoxy) is 2. The molecule has 2 aromatic carbocycles. The highest BCUT2D eigenvalue weighted by atomic mass is 16.5. The molecule has 134 valence electrons. The summed E-state index contributed by atoms with van der Waals surface area (Å²) in [7, 11) is 0. The van der Waals surface area contributed by atoms with E-state index in [9.17, 15) is 9.59 Å². The summed E-state index contributed by atoms with van der Waals surface area (Å²) in [5, 5.41) is 4.72. The fourth-order valence-corrected chi connectivity index (χ4v) is 2.62. The minimum Gasteiger partial charge on any atom is -0.493 e. The van der Waals surface area contributed by atoms with Crippen LogP contribution in [-0.2, 0) is 22.6 Å². The number of para-hydroxylation sites is 1. The van der Waals surface area contributed by atoms with Gasteiger partial charge in [0.15, 0.2) is 11.4 Å². The number of rotatable bonds is 7. The predicted octanol–water partition coefficient (Wildman–Crippen LogP) is 3.72. The van der Waals surface area contributed by atoms with Crippen LogP contribution in [0, 0.1) is 0 Å². The summed E-state index contributed by atoms with van der Waals surface area (Å²) >= 11 is 0. The first-order chi connectivity index (χ1) is 12.6. The molecule has 0 aliphatic heterocycles. The lowest BCUT2D eigenvalue weighted by Crippen LogP contribution is -2.10. The fraction of sp³-hybridized carbons (Fsp3) is 0.250. The second-order valence-corrected chi connectivity index (χ2v) is 5.77. The molecule has 1 aromatic heterocycles. The monoisotopic (exact) mass is 353 g/mol. The van der Waals surface area contributed by atoms with E-state index in [4.69, 9.17) is 14.0 Å². The van der Waals surface area contributed by atoms with E-state index in [1.807, 2.05) is 25.1 Å². The number of hydrogen-bond donors (Lipinski definition) is 0. The Morgan fingerprint density at radius 2 is 1.96 bits per heavy atom. The van der Waals surface area contributed by atoms with Crippen LogP contribution in [0.3, 0.4) is 0 Å². The summed E-state index contributed by atoms with van der Waals surface area (Å²) in [6.45, 7) is 3.85. The number of nitrogens with zero attached hydrogens (tertiary/aromatic N) is 1. The zero-order valence-electron chi connectivity index (χ0n) is 14.7. The van der Waals surface area contributed by atoms with Gasteiger partial charge in [0, 0.05) is 16.5 Å². The first kappa shape index (κ1) is 17.7. The number of Topliss-reactive ketones (excluding diaryl/α,β-unsaturated/α-hetero) is 1. The third kappa shape index (κ3) is 3.91. The smallest absolute Gasteiger partial charge is 0.312 e. The summed E-state index contributed by atoms with van der Waals surface area (Å²) < 4.78 is 16.1. The molecule has 0 bridgehead atoms. The summed E-state index contributed by atoms with van der Waals surface area (Å²) in [4.78, 5) is 23.8. The van der Waals surface area contributed by atoms with E-state index in [1.54, 1.807) is 24.3 Å². The van der Waals surface area contributed by atoms with E-state index in [2.05, 4.69) is 5.16 Å². The Hall–Kier alpha value is -3.15. The van der Waals surface area contributed by atoms with Crippen molar-refractivity contribution in [2.75, 3.05) is 6.61 Å². The van der Waals surface area contributed by atoms with Crippen LogP contribution in [0.4, 0.5) is 0 Å². The second kappa shape index (κ2) is 7.82. The van der Waals surface area contributed by atoms with E-state index in [1.165, 1.54) is 6.92 Å². The summed E-state index contributed by atoms with van der Waals surface area (Å²) in [5.74, 6) is 0.103. The molecule has 0 saturated carbocycles. The third-order valence-electron chi connectivity index (χ3n) is 3.92. The molecule has 0 aliphatic rings. The Labute approximate surface area is 150 Å². The number of benzene rings is 2. The van der Waals surface area contributed by atoms with Crippen LogP contribution >= 0.6 is 0 Å². The predicted molar refractivity (Wildman–Crippen MR) is 95.1 cm³/mol. The molecule has 26 heavy (non-hydrogen) atoms. The average molecular weight is 353 g/mol. The molecule has 0 atom stereocenters. The van der Waals surface area contributed by atoms with Gasteiger partial charge in [0.2, 0.25) is 0 Å². The van der Waals surface area contributed by atoms with Gasteiger partial charge in [0.25, 0.3) is 0 Å². The molecule has 0 unspecified atom stereocenters. The molecular weight excluding hydrogens is 334 g/mol. The van der Waals surface area contributed by atoms with Crippen LogP contribution in [0.15, 0.2) is 47.0 Å². The number of aromatic nitrogens is 1. The number of ketones is 1. The van der Waals surface area contributed by atoms with Crippen molar-refractivity contribution in [3.8, 4) is 5.75 Å². The number of carbonyl (C=O) groups excluding carboxylic acids is 2. The highest BCUT2D eigenvalue weighted by molar-refractivity contribution is 5.94. The van der Waals surface area contributed by atoms with Gasteiger partial charge < -0.3 is 14.0 Å². The molecular formula is C20H19NO5. The van der Waals surface area contributed by atoms with E-state index in [-0.39, 0.29) is 18.8 Å². The zero-order chi connectivity index (χ0) is 18.5. The molecule has 0 N–H and O–H groups in total. The Morgan fingerprint density at radius 3 is 2.73 bits per heavy atom. The second-order valence-electron chi connectivity index (χ2n) is 5.77. The van der Waals surface area contributed by atoms with Gasteiger partial charge in [-0.15, -0.1) is 0 Å². The number of hydrogen-bond acceptors (Lipinski definition) is 6. The largest absolute Gasteiger partial charge is 0.493 e. The third-order valence-corrected chi connectivity index (χ3v) is 3.92. The number of carbonyl (C=O) groups is 2. The quantitative estimate of drug-likeness (QED) is 0.476. The maximum absolute atomic E-state index is 12.2. The molecule has 1 heterocycles. The molecule has 0 spiro atoms. The van der Waals surface area contributed by atoms with Crippen LogP contribution in [0.1, 0.15) is 35.5 Å². The van der Waals surface area contributed by atoms with Gasteiger partial charge in [0.05, 0.1) is 13.0 Å². The van der Waals surface area contributed by atoms with Crippen LogP contribution in [-0.4, -0.2) is 23.5 Å². The van der Waals surface area contributed by atoms with Gasteiger partial charge >= 0.3 is 5.97 Å². The van der Waals surface area contributed by atoms with Crippen LogP contribution in [0.5, 0.6) is 5.75 Å². The Bertz CT molecular complexity index is 944. The van der Waals surface area contributed by atoms with E-state index >= 15 is 0 Å². The number of esters is 1. The van der Waals surface area contributed by atoms with Crippen LogP contribution in [0.2, 0.25) is 0 Å². The average Bonchev–Trinajstić information content (AvgIpc) is 3.04. The first-order valence-electron chi connectivity index (χ1n) is 8.34. The molecule has 3 rings (SSSR count). The zero-order valence-corrected chi connectivity index (χ0v) is 14.7. The molecule has 0 aliphatic carbocycles. The molecule has 0 saturated heterocycles. The van der Waals surface area contributed by atoms with E-state index in [0.717, 1.165) is 5.39 Å². The summed E-state index contributed by atoms with van der Waals surface area (Å²) in [6, 6.07) is 12.4. The topological polar surface area (TPSA) is 78.6 Å². The van der Waals surface area contributed by atoms with Crippen molar-refractivity contribution in [3.05, 3.63) is 59.3 Å². The standard InChI is InChI=1S/C20H19NO5/c1-3-24-18-9-8-14(13(2)22)10-15(18)12-25-20(23)11-17-16-6-4-5-7-19(16)26-21-17/h4-10H,3,11-12H2,1-2H3. The maximum atomic E-state index is 12.2. The molecule has 6 nitrogen and oxygen atoms in total. The van der Waals surface area contributed by atoms with Crippen molar-refractivity contribution >= 4 is 22.7 Å². The molecule has 0 amide bonds. The van der Waals surface area contributed by atoms with Gasteiger partial charge in [-0.2, -0.15) is 0 Å². The molecule has 0 fully saturated rings. The minimum atomic E-state index is -0.431. The van der Waals surface area contributed by atoms with Gasteiger partial charge in [-0.3, -0.25) is 9.59 Å². The SMILES string of the molecule is CCOc1ccc(C(C)=O)cc1COC(=O)Cc1noc2ccccc12. The van der Waals surface area contributed by atoms with Crippen molar-refractivity contribution in [2.45, 2.75) is 26.9 Å². The van der Waals surface area contributed by atoms with Gasteiger partial charge in [-0.05, 0) is 44.2 Å². The van der Waals surface area contributed by atoms with Crippen molar-refractivity contribution in [1.29, 1.82) is 0 Å². The highest BCUT2D eigenvalue weighted by Crippen LogP contribution is 2.23. The van der Waals surface area contributed by atoms with E-state index in [0.29, 0.717) is 34.8 Å². The van der Waals surface area contributed by atoms with Crippen LogP contribution < -0.4 is 4.74 Å². The summed E-state index contributed by atoms with van der Waals surface area (Å²) in [5.41, 5.74) is 2.36. The van der Waals surface area contributed by atoms with Gasteiger partial charge in [0.1, 0.15) is 18.1 Å². The van der Waals surface area contributed by atoms with Crippen LogP contribution in [0.25, 0.3) is 11.0 Å². The summed E-state index contributed by atoms with van der Waals surface area (Å²) in [6.07, 6.45) is 0.00732. The van der Waals surface area contributed by atoms with Crippen molar-refractivity contribution in [2.24, 2.45) is 0 Å².